The van der Waals surface area contributed by atoms with Crippen molar-refractivity contribution in [3.05, 3.63) is 65.2 Å². The number of nitrogens with one attached hydrogen (secondary N) is 1. The summed E-state index contributed by atoms with van der Waals surface area (Å²) < 4.78 is 11.5. The number of benzene rings is 2. The molecule has 3 rings (SSSR count). The molecule has 0 aromatic heterocycles. The second kappa shape index (κ2) is 7.72. The third-order valence-corrected chi connectivity index (χ3v) is 6.05. The van der Waals surface area contributed by atoms with Crippen molar-refractivity contribution in [3.8, 4) is 0 Å². The van der Waals surface area contributed by atoms with Gasteiger partial charge in [0.2, 0.25) is 0 Å². The molecular formula is C21H26N2O2S. The largest absolute Gasteiger partial charge is 0.350 e. The Kier molecular flexibility index (Phi) is 5.58. The van der Waals surface area contributed by atoms with E-state index in [0.29, 0.717) is 12.1 Å². The van der Waals surface area contributed by atoms with Crippen molar-refractivity contribution < 1.29 is 9.00 Å². The first-order valence-electron chi connectivity index (χ1n) is 8.90. The normalized spacial score (nSPS) is 16.0. The van der Waals surface area contributed by atoms with Gasteiger partial charge in [-0.25, -0.2) is 0 Å². The quantitative estimate of drug-likeness (QED) is 0.880. The van der Waals surface area contributed by atoms with E-state index in [1.165, 1.54) is 11.1 Å². The number of carbonyl (C=O) groups excluding carboxylic acids is 1. The number of hydrogen-bond acceptors (Lipinski definition) is 3. The Morgan fingerprint density at radius 2 is 1.77 bits per heavy atom. The minimum atomic E-state index is -1.03. The second-order valence-electron chi connectivity index (χ2n) is 7.41. The van der Waals surface area contributed by atoms with Gasteiger partial charge < -0.3 is 5.32 Å². The number of amides is 1. The fourth-order valence-corrected chi connectivity index (χ4v) is 3.84. The van der Waals surface area contributed by atoms with Crippen molar-refractivity contribution in [2.45, 2.75) is 37.2 Å². The van der Waals surface area contributed by atoms with Crippen LogP contribution in [-0.2, 0) is 23.8 Å². The van der Waals surface area contributed by atoms with Gasteiger partial charge in [0.25, 0.3) is 5.91 Å². The third-order valence-electron chi connectivity index (χ3n) is 5.12. The average Bonchev–Trinajstić information content (AvgIpc) is 2.65. The molecule has 26 heavy (non-hydrogen) atoms. The summed E-state index contributed by atoms with van der Waals surface area (Å²) in [4.78, 5) is 15.6. The van der Waals surface area contributed by atoms with Crippen LogP contribution in [0.5, 0.6) is 0 Å². The van der Waals surface area contributed by atoms with Gasteiger partial charge in [0.05, 0.1) is 0 Å². The topological polar surface area (TPSA) is 49.4 Å². The van der Waals surface area contributed by atoms with E-state index in [9.17, 15) is 9.00 Å². The molecule has 2 aromatic rings. The third kappa shape index (κ3) is 4.22. The van der Waals surface area contributed by atoms with Gasteiger partial charge in [0.1, 0.15) is 0 Å². The molecule has 1 N–H and O–H groups in total. The lowest BCUT2D eigenvalue weighted by Gasteiger charge is -2.41. The van der Waals surface area contributed by atoms with Crippen LogP contribution in [0.2, 0.25) is 0 Å². The molecule has 0 saturated carbocycles. The lowest BCUT2D eigenvalue weighted by Crippen LogP contribution is -2.53. The van der Waals surface area contributed by atoms with Crippen LogP contribution in [0.25, 0.3) is 0 Å². The second-order valence-corrected chi connectivity index (χ2v) is 8.79. The molecule has 0 bridgehead atoms. The molecule has 4 nitrogen and oxygen atoms in total. The zero-order valence-electron chi connectivity index (χ0n) is 15.6. The average molecular weight is 371 g/mol. The van der Waals surface area contributed by atoms with Crippen molar-refractivity contribution in [2.75, 3.05) is 19.3 Å². The Labute approximate surface area is 158 Å². The van der Waals surface area contributed by atoms with Crippen LogP contribution in [0.4, 0.5) is 0 Å². The van der Waals surface area contributed by atoms with Crippen LogP contribution in [0.3, 0.4) is 0 Å². The lowest BCUT2D eigenvalue weighted by atomic mass is 9.94. The molecule has 138 valence electrons. The van der Waals surface area contributed by atoms with Crippen LogP contribution in [0.15, 0.2) is 53.4 Å². The van der Waals surface area contributed by atoms with Crippen LogP contribution < -0.4 is 5.32 Å². The summed E-state index contributed by atoms with van der Waals surface area (Å²) in [6.45, 7) is 6.83. The van der Waals surface area contributed by atoms with Crippen molar-refractivity contribution in [1.82, 2.24) is 10.2 Å². The van der Waals surface area contributed by atoms with E-state index >= 15 is 0 Å². The molecular weight excluding hydrogens is 344 g/mol. The van der Waals surface area contributed by atoms with E-state index in [1.54, 1.807) is 30.5 Å². The Morgan fingerprint density at radius 3 is 2.42 bits per heavy atom. The van der Waals surface area contributed by atoms with Crippen molar-refractivity contribution in [3.63, 3.8) is 0 Å². The molecule has 5 heteroatoms. The monoisotopic (exact) mass is 370 g/mol. The number of nitrogens with zero attached hydrogens (tertiary/aromatic N) is 1. The van der Waals surface area contributed by atoms with E-state index in [4.69, 9.17) is 0 Å². The van der Waals surface area contributed by atoms with E-state index in [2.05, 4.69) is 48.3 Å². The molecule has 1 heterocycles. The summed E-state index contributed by atoms with van der Waals surface area (Å²) >= 11 is 0. The Bertz CT molecular complexity index is 815. The van der Waals surface area contributed by atoms with E-state index in [-0.39, 0.29) is 11.4 Å². The summed E-state index contributed by atoms with van der Waals surface area (Å²) in [6.07, 6.45) is 2.68. The minimum Gasteiger partial charge on any atom is -0.350 e. The van der Waals surface area contributed by atoms with Crippen LogP contribution in [0, 0.1) is 0 Å². The van der Waals surface area contributed by atoms with Gasteiger partial charge >= 0.3 is 0 Å². The predicted octanol–water partition coefficient (Wildman–Crippen LogP) is 2.99. The maximum absolute atomic E-state index is 12.4. The van der Waals surface area contributed by atoms with Gasteiger partial charge in [0.15, 0.2) is 0 Å². The molecule has 1 amide bonds. The number of hydrogen-bond donors (Lipinski definition) is 1. The summed E-state index contributed by atoms with van der Waals surface area (Å²) in [5.74, 6) is -0.0936. The van der Waals surface area contributed by atoms with E-state index in [0.717, 1.165) is 24.4 Å². The molecule has 0 aliphatic carbocycles. The zero-order valence-corrected chi connectivity index (χ0v) is 16.4. The highest BCUT2D eigenvalue weighted by Crippen LogP contribution is 2.25. The van der Waals surface area contributed by atoms with Crippen molar-refractivity contribution >= 4 is 16.7 Å². The molecule has 0 radical (unpaired) electrons. The first-order chi connectivity index (χ1) is 12.4. The fraction of sp³-hybridized carbons (Fsp3) is 0.381. The summed E-state index contributed by atoms with van der Waals surface area (Å²) in [5, 5.41) is 3.05. The number of carbonyl (C=O) groups is 1. The molecule has 0 saturated heterocycles. The SMILES string of the molecule is CS(=O)c1ccc(C(=O)NCC(C)(C)N2CCc3ccccc3C2)cc1. The zero-order chi connectivity index (χ0) is 18.7. The van der Waals surface area contributed by atoms with Crippen LogP contribution >= 0.6 is 0 Å². The smallest absolute Gasteiger partial charge is 0.251 e. The predicted molar refractivity (Wildman–Crippen MR) is 106 cm³/mol. The molecule has 1 aliphatic rings. The van der Waals surface area contributed by atoms with E-state index < -0.39 is 10.8 Å². The highest BCUT2D eigenvalue weighted by Gasteiger charge is 2.30. The first-order valence-corrected chi connectivity index (χ1v) is 10.5. The Hall–Kier alpha value is -1.98. The molecule has 1 aliphatic heterocycles. The summed E-state index contributed by atoms with van der Waals surface area (Å²) in [5.41, 5.74) is 3.27. The highest BCUT2D eigenvalue weighted by molar-refractivity contribution is 7.84. The van der Waals surface area contributed by atoms with Crippen LogP contribution in [-0.4, -0.2) is 39.9 Å². The summed E-state index contributed by atoms with van der Waals surface area (Å²) in [7, 11) is -1.03. The molecule has 1 atom stereocenters. The van der Waals surface area contributed by atoms with Crippen molar-refractivity contribution in [1.29, 1.82) is 0 Å². The van der Waals surface area contributed by atoms with Gasteiger partial charge in [-0.3, -0.25) is 13.9 Å². The van der Waals surface area contributed by atoms with Crippen molar-refractivity contribution in [2.24, 2.45) is 0 Å². The Balaban J connectivity index is 1.61. The maximum Gasteiger partial charge on any atom is 0.251 e. The maximum atomic E-state index is 12.4. The molecule has 1 unspecified atom stereocenters. The van der Waals surface area contributed by atoms with Gasteiger partial charge in [0, 0.05) is 52.7 Å². The van der Waals surface area contributed by atoms with Crippen LogP contribution in [0.1, 0.15) is 35.3 Å². The molecule has 2 aromatic carbocycles. The minimum absolute atomic E-state index is 0.0936. The highest BCUT2D eigenvalue weighted by atomic mass is 32.2. The van der Waals surface area contributed by atoms with Gasteiger partial charge in [-0.15, -0.1) is 0 Å². The molecule has 0 fully saturated rings. The Morgan fingerprint density at radius 1 is 1.12 bits per heavy atom. The van der Waals surface area contributed by atoms with E-state index in [1.807, 2.05) is 0 Å². The fourth-order valence-electron chi connectivity index (χ4n) is 3.32. The lowest BCUT2D eigenvalue weighted by molar-refractivity contribution is 0.0826. The number of rotatable bonds is 5. The summed E-state index contributed by atoms with van der Waals surface area (Å²) in [6, 6.07) is 15.5. The number of fused-ring (bicyclic) bond motifs is 1. The first kappa shape index (κ1) is 18.8. The van der Waals surface area contributed by atoms with Gasteiger partial charge in [-0.2, -0.15) is 0 Å². The van der Waals surface area contributed by atoms with Gasteiger partial charge in [-0.1, -0.05) is 24.3 Å². The van der Waals surface area contributed by atoms with Gasteiger partial charge in [-0.05, 0) is 55.7 Å². The molecule has 0 spiro atoms. The standard InChI is InChI=1S/C21H26N2O2S/c1-21(2,23-13-12-16-6-4-5-7-18(16)14-23)15-22-20(24)17-8-10-19(11-9-17)26(3)25/h4-11H,12-15H2,1-3H3,(H,22,24).